The number of aliphatic hydroxyl groups excluding tert-OH is 1. The van der Waals surface area contributed by atoms with Gasteiger partial charge in [-0.15, -0.1) is 0 Å². The molecule has 0 spiro atoms. The molecule has 1 aliphatic heterocycles. The van der Waals surface area contributed by atoms with Gasteiger partial charge >= 0.3 is 0 Å². The van der Waals surface area contributed by atoms with Crippen LogP contribution in [0, 0.1) is 5.92 Å². The van der Waals surface area contributed by atoms with E-state index in [1.165, 1.54) is 0 Å². The van der Waals surface area contributed by atoms with E-state index in [4.69, 9.17) is 0 Å². The van der Waals surface area contributed by atoms with Gasteiger partial charge in [0.05, 0.1) is 18.7 Å². The Morgan fingerprint density at radius 2 is 1.65 bits per heavy atom. The molecule has 0 radical (unpaired) electrons. The maximum Gasteiger partial charge on any atom is 0.250 e. The number of aliphatic hydroxyl groups is 1. The first kappa shape index (κ1) is 15.5. The highest BCUT2D eigenvalue weighted by molar-refractivity contribution is 5.96. The molecule has 0 unspecified atom stereocenters. The first-order valence-corrected chi connectivity index (χ1v) is 7.87. The van der Waals surface area contributed by atoms with Crippen LogP contribution in [-0.2, 0) is 4.79 Å². The van der Waals surface area contributed by atoms with Crippen LogP contribution in [0.4, 0.5) is 0 Å². The minimum Gasteiger partial charge on any atom is -0.394 e. The molecule has 1 fully saturated rings. The number of hydrogen-bond donors (Lipinski definition) is 1. The summed E-state index contributed by atoms with van der Waals surface area (Å²) in [6, 6.07) is 19.2. The number of carbonyl (C=O) groups excluding carboxylic acids is 1. The molecule has 3 heteroatoms. The SMILES string of the molecule is C=C1C(=O)N([C@@H](CO)c2ccccc2)[C@@H](c2ccccc2)[C@@H]1C. The van der Waals surface area contributed by atoms with Crippen molar-refractivity contribution in [1.82, 2.24) is 4.90 Å². The van der Waals surface area contributed by atoms with Crippen molar-refractivity contribution in [3.8, 4) is 0 Å². The first-order valence-electron chi connectivity index (χ1n) is 7.87. The van der Waals surface area contributed by atoms with Crippen molar-refractivity contribution in [1.29, 1.82) is 0 Å². The van der Waals surface area contributed by atoms with E-state index in [-0.39, 0.29) is 30.5 Å². The average Bonchev–Trinajstić information content (AvgIpc) is 2.82. The standard InChI is InChI=1S/C20H21NO2/c1-14-15(2)20(23)21(19(14)17-11-7-4-8-12-17)18(13-22)16-9-5-3-6-10-16/h3-12,14,18-19,22H,2,13H2,1H3/t14-,18+,19-/m1/s1. The van der Waals surface area contributed by atoms with Gasteiger partial charge in [-0.3, -0.25) is 4.79 Å². The van der Waals surface area contributed by atoms with Gasteiger partial charge in [0, 0.05) is 11.5 Å². The van der Waals surface area contributed by atoms with Gasteiger partial charge in [-0.1, -0.05) is 74.2 Å². The number of carbonyl (C=O) groups is 1. The number of benzene rings is 2. The van der Waals surface area contributed by atoms with E-state index in [0.29, 0.717) is 5.57 Å². The predicted molar refractivity (Wildman–Crippen MR) is 90.6 cm³/mol. The first-order chi connectivity index (χ1) is 11.1. The fourth-order valence-electron chi connectivity index (χ4n) is 3.38. The maximum absolute atomic E-state index is 12.8. The molecule has 0 saturated carbocycles. The Hall–Kier alpha value is -2.39. The normalized spacial score (nSPS) is 22.4. The highest BCUT2D eigenvalue weighted by atomic mass is 16.3. The summed E-state index contributed by atoms with van der Waals surface area (Å²) in [4.78, 5) is 14.6. The Morgan fingerprint density at radius 3 is 2.22 bits per heavy atom. The zero-order valence-electron chi connectivity index (χ0n) is 13.2. The average molecular weight is 307 g/mol. The monoisotopic (exact) mass is 307 g/mol. The largest absolute Gasteiger partial charge is 0.394 e. The van der Waals surface area contributed by atoms with Gasteiger partial charge in [-0.25, -0.2) is 0 Å². The fourth-order valence-corrected chi connectivity index (χ4v) is 3.38. The number of hydrogen-bond acceptors (Lipinski definition) is 2. The van der Waals surface area contributed by atoms with Crippen LogP contribution in [0.2, 0.25) is 0 Å². The van der Waals surface area contributed by atoms with Crippen molar-refractivity contribution in [3.63, 3.8) is 0 Å². The van der Waals surface area contributed by atoms with Gasteiger partial charge in [0.15, 0.2) is 0 Å². The maximum atomic E-state index is 12.8. The van der Waals surface area contributed by atoms with Crippen molar-refractivity contribution < 1.29 is 9.90 Å². The molecule has 23 heavy (non-hydrogen) atoms. The third-order valence-electron chi connectivity index (χ3n) is 4.67. The van der Waals surface area contributed by atoms with Gasteiger partial charge in [0.1, 0.15) is 0 Å². The Labute approximate surface area is 136 Å². The quantitative estimate of drug-likeness (QED) is 0.878. The molecule has 1 aliphatic rings. The van der Waals surface area contributed by atoms with Crippen molar-refractivity contribution in [2.75, 3.05) is 6.61 Å². The third kappa shape index (κ3) is 2.68. The number of amides is 1. The minimum absolute atomic E-state index is 0.0164. The fraction of sp³-hybridized carbons (Fsp3) is 0.250. The summed E-state index contributed by atoms with van der Waals surface area (Å²) in [6.07, 6.45) is 0. The van der Waals surface area contributed by atoms with Gasteiger partial charge in [0.2, 0.25) is 0 Å². The van der Waals surface area contributed by atoms with Gasteiger partial charge in [-0.05, 0) is 11.1 Å². The van der Waals surface area contributed by atoms with Crippen LogP contribution in [-0.4, -0.2) is 22.5 Å². The van der Waals surface area contributed by atoms with E-state index >= 15 is 0 Å². The summed E-state index contributed by atoms with van der Waals surface area (Å²) in [7, 11) is 0. The summed E-state index contributed by atoms with van der Waals surface area (Å²) in [5, 5.41) is 9.97. The minimum atomic E-state index is -0.365. The lowest BCUT2D eigenvalue weighted by atomic mass is 9.92. The lowest BCUT2D eigenvalue weighted by Crippen LogP contribution is -2.35. The number of nitrogens with zero attached hydrogens (tertiary/aromatic N) is 1. The van der Waals surface area contributed by atoms with E-state index in [1.54, 1.807) is 4.90 Å². The Morgan fingerprint density at radius 1 is 1.09 bits per heavy atom. The van der Waals surface area contributed by atoms with Gasteiger partial charge < -0.3 is 10.0 Å². The van der Waals surface area contributed by atoms with Crippen LogP contribution in [0.5, 0.6) is 0 Å². The Bertz CT molecular complexity index is 696. The number of likely N-dealkylation sites (tertiary alicyclic amines) is 1. The van der Waals surface area contributed by atoms with Gasteiger partial charge in [0.25, 0.3) is 5.91 Å². The zero-order valence-corrected chi connectivity index (χ0v) is 13.2. The zero-order chi connectivity index (χ0) is 16.4. The highest BCUT2D eigenvalue weighted by Gasteiger charge is 2.44. The van der Waals surface area contributed by atoms with Crippen molar-refractivity contribution >= 4 is 5.91 Å². The highest BCUT2D eigenvalue weighted by Crippen LogP contribution is 2.44. The van der Waals surface area contributed by atoms with E-state index in [0.717, 1.165) is 11.1 Å². The van der Waals surface area contributed by atoms with Crippen LogP contribution >= 0.6 is 0 Å². The molecule has 1 saturated heterocycles. The number of rotatable bonds is 4. The molecule has 1 heterocycles. The summed E-state index contributed by atoms with van der Waals surface area (Å²) >= 11 is 0. The molecule has 118 valence electrons. The molecule has 1 amide bonds. The molecular formula is C20H21NO2. The second-order valence-electron chi connectivity index (χ2n) is 5.99. The summed E-state index contributed by atoms with van der Waals surface area (Å²) in [5.74, 6) is -0.0584. The second kappa shape index (κ2) is 6.39. The summed E-state index contributed by atoms with van der Waals surface area (Å²) in [5.41, 5.74) is 2.61. The van der Waals surface area contributed by atoms with E-state index in [9.17, 15) is 9.90 Å². The molecule has 3 atom stereocenters. The Balaban J connectivity index is 2.06. The molecule has 0 aromatic heterocycles. The molecule has 3 nitrogen and oxygen atoms in total. The predicted octanol–water partition coefficient (Wildman–Crippen LogP) is 3.50. The van der Waals surface area contributed by atoms with Gasteiger partial charge in [-0.2, -0.15) is 0 Å². The topological polar surface area (TPSA) is 40.5 Å². The molecule has 1 N–H and O–H groups in total. The molecular weight excluding hydrogens is 286 g/mol. The van der Waals surface area contributed by atoms with Crippen LogP contribution in [0.15, 0.2) is 72.8 Å². The van der Waals surface area contributed by atoms with Crippen molar-refractivity contribution in [2.24, 2.45) is 5.92 Å². The Kier molecular flexibility index (Phi) is 4.30. The van der Waals surface area contributed by atoms with Crippen molar-refractivity contribution in [3.05, 3.63) is 83.9 Å². The lowest BCUT2D eigenvalue weighted by molar-refractivity contribution is -0.130. The molecule has 0 bridgehead atoms. The smallest absolute Gasteiger partial charge is 0.250 e. The van der Waals surface area contributed by atoms with E-state index < -0.39 is 0 Å². The van der Waals surface area contributed by atoms with Crippen LogP contribution in [0.25, 0.3) is 0 Å². The lowest BCUT2D eigenvalue weighted by Gasteiger charge is -2.34. The third-order valence-corrected chi connectivity index (χ3v) is 4.67. The van der Waals surface area contributed by atoms with Crippen molar-refractivity contribution in [2.45, 2.75) is 19.0 Å². The van der Waals surface area contributed by atoms with E-state index in [2.05, 4.69) is 6.58 Å². The molecule has 3 rings (SSSR count). The van der Waals surface area contributed by atoms with E-state index in [1.807, 2.05) is 67.6 Å². The summed E-state index contributed by atoms with van der Waals surface area (Å²) in [6.45, 7) is 5.89. The second-order valence-corrected chi connectivity index (χ2v) is 5.99. The van der Waals surface area contributed by atoms with Crippen LogP contribution < -0.4 is 0 Å². The molecule has 2 aromatic carbocycles. The van der Waals surface area contributed by atoms with Crippen LogP contribution in [0.3, 0.4) is 0 Å². The van der Waals surface area contributed by atoms with Crippen LogP contribution in [0.1, 0.15) is 30.1 Å². The molecule has 2 aromatic rings. The molecule has 0 aliphatic carbocycles. The summed E-state index contributed by atoms with van der Waals surface area (Å²) < 4.78 is 0.